The van der Waals surface area contributed by atoms with Gasteiger partial charge in [0.25, 0.3) is 5.91 Å². The molecular formula is C21H18BrNO4. The van der Waals surface area contributed by atoms with Crippen molar-refractivity contribution in [2.45, 2.75) is 6.54 Å². The van der Waals surface area contributed by atoms with Crippen molar-refractivity contribution >= 4 is 38.6 Å². The third kappa shape index (κ3) is 4.65. The van der Waals surface area contributed by atoms with Gasteiger partial charge < -0.3 is 14.8 Å². The highest BCUT2D eigenvalue weighted by atomic mass is 79.9. The highest BCUT2D eigenvalue weighted by Gasteiger charge is 2.09. The van der Waals surface area contributed by atoms with Crippen LogP contribution in [0.1, 0.15) is 15.9 Å². The van der Waals surface area contributed by atoms with Gasteiger partial charge >= 0.3 is 5.97 Å². The van der Waals surface area contributed by atoms with Crippen molar-refractivity contribution in [2.24, 2.45) is 0 Å². The molecule has 0 bridgehead atoms. The predicted octanol–water partition coefficient (Wildman–Crippen LogP) is 4.08. The number of halogens is 1. The van der Waals surface area contributed by atoms with Gasteiger partial charge in [0, 0.05) is 6.54 Å². The summed E-state index contributed by atoms with van der Waals surface area (Å²) in [4.78, 5) is 23.5. The number of benzene rings is 3. The van der Waals surface area contributed by atoms with E-state index in [1.54, 1.807) is 24.3 Å². The second kappa shape index (κ2) is 8.68. The van der Waals surface area contributed by atoms with Crippen molar-refractivity contribution in [3.63, 3.8) is 0 Å². The van der Waals surface area contributed by atoms with Crippen LogP contribution < -0.4 is 10.1 Å². The molecule has 1 N–H and O–H groups in total. The van der Waals surface area contributed by atoms with Gasteiger partial charge in [0.1, 0.15) is 5.75 Å². The number of hydrogen-bond donors (Lipinski definition) is 1. The molecule has 3 aromatic carbocycles. The molecule has 0 spiro atoms. The minimum Gasteiger partial charge on any atom is -0.483 e. The van der Waals surface area contributed by atoms with E-state index < -0.39 is 0 Å². The summed E-state index contributed by atoms with van der Waals surface area (Å²) in [7, 11) is 1.34. The third-order valence-corrected chi connectivity index (χ3v) is 4.87. The van der Waals surface area contributed by atoms with Gasteiger partial charge in [-0.3, -0.25) is 4.79 Å². The van der Waals surface area contributed by atoms with E-state index in [0.717, 1.165) is 20.8 Å². The number of hydrogen-bond acceptors (Lipinski definition) is 4. The smallest absolute Gasteiger partial charge is 0.337 e. The standard InChI is InChI=1S/C21H18BrNO4/c1-26-21(25)16-8-6-14(7-9-16)12-23-19(24)13-27-18-11-10-15-4-2-3-5-17(15)20(18)22/h2-11H,12-13H2,1H3,(H,23,24). The zero-order valence-electron chi connectivity index (χ0n) is 14.7. The van der Waals surface area contributed by atoms with E-state index in [9.17, 15) is 9.59 Å². The number of fused-ring (bicyclic) bond motifs is 1. The molecule has 0 aliphatic carbocycles. The van der Waals surface area contributed by atoms with Crippen LogP contribution in [-0.2, 0) is 16.1 Å². The average molecular weight is 428 g/mol. The van der Waals surface area contributed by atoms with E-state index in [2.05, 4.69) is 26.0 Å². The Morgan fingerprint density at radius 1 is 1.00 bits per heavy atom. The topological polar surface area (TPSA) is 64.6 Å². The molecule has 0 saturated carbocycles. The van der Waals surface area contributed by atoms with Crippen LogP contribution >= 0.6 is 15.9 Å². The Labute approximate surface area is 165 Å². The lowest BCUT2D eigenvalue weighted by atomic mass is 10.1. The van der Waals surface area contributed by atoms with Crippen molar-refractivity contribution in [1.82, 2.24) is 5.32 Å². The SMILES string of the molecule is COC(=O)c1ccc(CNC(=O)COc2ccc3ccccc3c2Br)cc1. The maximum Gasteiger partial charge on any atom is 0.337 e. The van der Waals surface area contributed by atoms with E-state index >= 15 is 0 Å². The molecule has 3 rings (SSSR count). The predicted molar refractivity (Wildman–Crippen MR) is 107 cm³/mol. The van der Waals surface area contributed by atoms with Crippen molar-refractivity contribution in [3.8, 4) is 5.75 Å². The summed E-state index contributed by atoms with van der Waals surface area (Å²) in [5.74, 6) is -0.00154. The molecule has 138 valence electrons. The van der Waals surface area contributed by atoms with Crippen LogP contribution in [0.15, 0.2) is 65.1 Å². The largest absolute Gasteiger partial charge is 0.483 e. The van der Waals surface area contributed by atoms with Gasteiger partial charge in [0.15, 0.2) is 6.61 Å². The van der Waals surface area contributed by atoms with Crippen LogP contribution in [-0.4, -0.2) is 25.6 Å². The number of methoxy groups -OCH3 is 1. The number of nitrogens with one attached hydrogen (secondary N) is 1. The summed E-state index contributed by atoms with van der Waals surface area (Å²) < 4.78 is 11.1. The van der Waals surface area contributed by atoms with Crippen molar-refractivity contribution < 1.29 is 19.1 Å². The fourth-order valence-corrected chi connectivity index (χ4v) is 3.20. The summed E-state index contributed by atoms with van der Waals surface area (Å²) in [6, 6.07) is 18.6. The first-order valence-electron chi connectivity index (χ1n) is 8.32. The Balaban J connectivity index is 1.54. The summed E-state index contributed by atoms with van der Waals surface area (Å²) >= 11 is 3.54. The third-order valence-electron chi connectivity index (χ3n) is 4.05. The van der Waals surface area contributed by atoms with Gasteiger partial charge in [0.05, 0.1) is 17.1 Å². The molecule has 0 unspecified atom stereocenters. The highest BCUT2D eigenvalue weighted by molar-refractivity contribution is 9.10. The van der Waals surface area contributed by atoms with Crippen LogP contribution in [0.25, 0.3) is 10.8 Å². The first-order chi connectivity index (χ1) is 13.1. The lowest BCUT2D eigenvalue weighted by Crippen LogP contribution is -2.28. The second-order valence-electron chi connectivity index (χ2n) is 5.85. The molecule has 5 nitrogen and oxygen atoms in total. The Morgan fingerprint density at radius 2 is 1.74 bits per heavy atom. The van der Waals surface area contributed by atoms with Crippen molar-refractivity contribution in [3.05, 3.63) is 76.3 Å². The van der Waals surface area contributed by atoms with Crippen molar-refractivity contribution in [1.29, 1.82) is 0 Å². The molecule has 0 aliphatic heterocycles. The molecule has 0 saturated heterocycles. The van der Waals surface area contributed by atoms with Gasteiger partial charge in [-0.2, -0.15) is 0 Å². The molecule has 0 radical (unpaired) electrons. The summed E-state index contributed by atoms with van der Waals surface area (Å²) in [5, 5.41) is 4.92. The fourth-order valence-electron chi connectivity index (χ4n) is 2.60. The first-order valence-corrected chi connectivity index (χ1v) is 9.12. The molecule has 0 heterocycles. The van der Waals surface area contributed by atoms with Gasteiger partial charge in [0.2, 0.25) is 0 Å². The molecule has 27 heavy (non-hydrogen) atoms. The Hall–Kier alpha value is -2.86. The van der Waals surface area contributed by atoms with Gasteiger partial charge in [-0.05, 0) is 50.5 Å². The van der Waals surface area contributed by atoms with E-state index in [0.29, 0.717) is 17.9 Å². The molecule has 6 heteroatoms. The molecule has 0 atom stereocenters. The Bertz CT molecular complexity index is 970. The van der Waals surface area contributed by atoms with Crippen LogP contribution in [0.4, 0.5) is 0 Å². The highest BCUT2D eigenvalue weighted by Crippen LogP contribution is 2.32. The lowest BCUT2D eigenvalue weighted by Gasteiger charge is -2.11. The van der Waals surface area contributed by atoms with Gasteiger partial charge in [-0.1, -0.05) is 42.5 Å². The fraction of sp³-hybridized carbons (Fsp3) is 0.143. The van der Waals surface area contributed by atoms with E-state index in [4.69, 9.17) is 4.74 Å². The van der Waals surface area contributed by atoms with E-state index in [-0.39, 0.29) is 18.5 Å². The van der Waals surface area contributed by atoms with E-state index in [1.165, 1.54) is 7.11 Å². The first kappa shape index (κ1) is 18.9. The molecular weight excluding hydrogens is 410 g/mol. The number of amides is 1. The zero-order valence-corrected chi connectivity index (χ0v) is 16.3. The number of esters is 1. The van der Waals surface area contributed by atoms with Crippen LogP contribution in [0.3, 0.4) is 0 Å². The molecule has 0 aromatic heterocycles. The summed E-state index contributed by atoms with van der Waals surface area (Å²) in [6.45, 7) is 0.264. The molecule has 3 aromatic rings. The maximum absolute atomic E-state index is 12.1. The van der Waals surface area contributed by atoms with Gasteiger partial charge in [-0.25, -0.2) is 4.79 Å². The number of carbonyl (C=O) groups is 2. The molecule has 1 amide bonds. The summed E-state index contributed by atoms with van der Waals surface area (Å²) in [6.07, 6.45) is 0. The normalized spacial score (nSPS) is 10.4. The number of carbonyl (C=O) groups excluding carboxylic acids is 2. The Morgan fingerprint density at radius 3 is 2.48 bits per heavy atom. The summed E-state index contributed by atoms with van der Waals surface area (Å²) in [5.41, 5.74) is 1.35. The van der Waals surface area contributed by atoms with Crippen LogP contribution in [0.5, 0.6) is 5.75 Å². The van der Waals surface area contributed by atoms with Crippen LogP contribution in [0.2, 0.25) is 0 Å². The molecule has 0 aliphatic rings. The van der Waals surface area contributed by atoms with Crippen molar-refractivity contribution in [2.75, 3.05) is 13.7 Å². The maximum atomic E-state index is 12.1. The Kier molecular flexibility index (Phi) is 6.08. The number of ether oxygens (including phenoxy) is 2. The van der Waals surface area contributed by atoms with Crippen LogP contribution in [0, 0.1) is 0 Å². The average Bonchev–Trinajstić information content (AvgIpc) is 2.71. The monoisotopic (exact) mass is 427 g/mol. The quantitative estimate of drug-likeness (QED) is 0.601. The number of rotatable bonds is 6. The molecule has 0 fully saturated rings. The minimum absolute atomic E-state index is 0.0861. The van der Waals surface area contributed by atoms with Gasteiger partial charge in [-0.15, -0.1) is 0 Å². The minimum atomic E-state index is -0.389. The second-order valence-corrected chi connectivity index (χ2v) is 6.65. The van der Waals surface area contributed by atoms with E-state index in [1.807, 2.05) is 36.4 Å². The lowest BCUT2D eigenvalue weighted by molar-refractivity contribution is -0.123. The zero-order chi connectivity index (χ0) is 19.2.